The van der Waals surface area contributed by atoms with Gasteiger partial charge in [0.05, 0.1) is 0 Å². The van der Waals surface area contributed by atoms with Crippen LogP contribution in [0.2, 0.25) is 0 Å². The van der Waals surface area contributed by atoms with E-state index >= 15 is 0 Å². The highest BCUT2D eigenvalue weighted by Crippen LogP contribution is 2.37. The molecule has 0 bridgehead atoms. The fraction of sp³-hybridized carbons (Fsp3) is 0.529. The maximum absolute atomic E-state index is 2.35. The SMILES string of the molecule is CC1=c2c(C)c(C)c(C)c(C)c2=C(C)C1(C)C. The van der Waals surface area contributed by atoms with Gasteiger partial charge in [-0.15, -0.1) is 0 Å². The van der Waals surface area contributed by atoms with Gasteiger partial charge in [-0.3, -0.25) is 0 Å². The van der Waals surface area contributed by atoms with Gasteiger partial charge in [0, 0.05) is 5.41 Å². The summed E-state index contributed by atoms with van der Waals surface area (Å²) in [6.07, 6.45) is 0. The molecule has 0 nitrogen and oxygen atoms in total. The van der Waals surface area contributed by atoms with Gasteiger partial charge in [0.15, 0.2) is 0 Å². The van der Waals surface area contributed by atoms with E-state index in [2.05, 4.69) is 55.4 Å². The van der Waals surface area contributed by atoms with Crippen LogP contribution in [-0.2, 0) is 0 Å². The molecule has 1 aromatic carbocycles. The zero-order chi connectivity index (χ0) is 13.1. The summed E-state index contributed by atoms with van der Waals surface area (Å²) in [6.45, 7) is 18.4. The van der Waals surface area contributed by atoms with Crippen LogP contribution < -0.4 is 10.4 Å². The van der Waals surface area contributed by atoms with Crippen molar-refractivity contribution in [3.8, 4) is 0 Å². The van der Waals surface area contributed by atoms with Crippen LogP contribution in [0.15, 0.2) is 0 Å². The fourth-order valence-electron chi connectivity index (χ4n) is 3.16. The van der Waals surface area contributed by atoms with Crippen molar-refractivity contribution in [1.29, 1.82) is 0 Å². The van der Waals surface area contributed by atoms with Crippen LogP contribution >= 0.6 is 0 Å². The smallest absolute Gasteiger partial charge is 0.00771 e. The van der Waals surface area contributed by atoms with Crippen molar-refractivity contribution in [2.24, 2.45) is 5.41 Å². The van der Waals surface area contributed by atoms with E-state index in [0.717, 1.165) is 0 Å². The Labute approximate surface area is 105 Å². The molecular formula is C17H24. The lowest BCUT2D eigenvalue weighted by Crippen LogP contribution is -2.31. The highest BCUT2D eigenvalue weighted by atomic mass is 14.3. The number of benzene rings is 1. The van der Waals surface area contributed by atoms with Crippen LogP contribution in [0.4, 0.5) is 0 Å². The minimum absolute atomic E-state index is 0.220. The Morgan fingerprint density at radius 2 is 0.824 bits per heavy atom. The van der Waals surface area contributed by atoms with Gasteiger partial charge >= 0.3 is 0 Å². The van der Waals surface area contributed by atoms with E-state index in [1.54, 1.807) is 0 Å². The maximum Gasteiger partial charge on any atom is 0.00771 e. The third-order valence-electron chi connectivity index (χ3n) is 5.31. The molecule has 0 amide bonds. The van der Waals surface area contributed by atoms with Crippen LogP contribution in [-0.4, -0.2) is 0 Å². The lowest BCUT2D eigenvalue weighted by atomic mass is 9.81. The van der Waals surface area contributed by atoms with Gasteiger partial charge in [-0.05, 0) is 74.2 Å². The van der Waals surface area contributed by atoms with Crippen LogP contribution in [0.5, 0.6) is 0 Å². The van der Waals surface area contributed by atoms with Crippen molar-refractivity contribution in [3.63, 3.8) is 0 Å². The average Bonchev–Trinajstić information content (AvgIpc) is 2.45. The van der Waals surface area contributed by atoms with E-state index in [-0.39, 0.29) is 5.41 Å². The second-order valence-electron chi connectivity index (χ2n) is 6.12. The molecule has 0 saturated heterocycles. The summed E-state index contributed by atoms with van der Waals surface area (Å²) in [5.74, 6) is 0. The van der Waals surface area contributed by atoms with E-state index < -0.39 is 0 Å². The van der Waals surface area contributed by atoms with E-state index in [1.165, 1.54) is 43.8 Å². The Balaban J connectivity index is 3.20. The third kappa shape index (κ3) is 1.36. The second-order valence-corrected chi connectivity index (χ2v) is 6.12. The highest BCUT2D eigenvalue weighted by Gasteiger charge is 2.30. The second kappa shape index (κ2) is 3.48. The van der Waals surface area contributed by atoms with Gasteiger partial charge in [0.1, 0.15) is 0 Å². The Morgan fingerprint density at radius 3 is 1.12 bits per heavy atom. The number of fused-ring (bicyclic) bond motifs is 1. The van der Waals surface area contributed by atoms with Gasteiger partial charge in [0.2, 0.25) is 0 Å². The molecular weight excluding hydrogens is 204 g/mol. The molecule has 0 heteroatoms. The van der Waals surface area contributed by atoms with Crippen molar-refractivity contribution in [1.82, 2.24) is 0 Å². The van der Waals surface area contributed by atoms with Crippen LogP contribution in [0.3, 0.4) is 0 Å². The fourth-order valence-corrected chi connectivity index (χ4v) is 3.16. The van der Waals surface area contributed by atoms with Crippen molar-refractivity contribution in [2.75, 3.05) is 0 Å². The first kappa shape index (κ1) is 12.4. The van der Waals surface area contributed by atoms with Gasteiger partial charge < -0.3 is 0 Å². The summed E-state index contributed by atoms with van der Waals surface area (Å²) < 4.78 is 0. The highest BCUT2D eigenvalue weighted by molar-refractivity contribution is 5.75. The van der Waals surface area contributed by atoms with E-state index in [4.69, 9.17) is 0 Å². The van der Waals surface area contributed by atoms with Gasteiger partial charge in [0.25, 0.3) is 0 Å². The average molecular weight is 228 g/mol. The minimum Gasteiger partial charge on any atom is -0.0555 e. The molecule has 1 aliphatic rings. The molecule has 0 saturated carbocycles. The molecule has 0 aliphatic heterocycles. The molecule has 0 fully saturated rings. The van der Waals surface area contributed by atoms with Crippen LogP contribution in [0.25, 0.3) is 11.1 Å². The Bertz CT molecular complexity index is 570. The van der Waals surface area contributed by atoms with E-state index in [9.17, 15) is 0 Å². The van der Waals surface area contributed by atoms with Crippen LogP contribution in [0, 0.1) is 33.1 Å². The number of hydrogen-bond donors (Lipinski definition) is 0. The topological polar surface area (TPSA) is 0 Å². The maximum atomic E-state index is 2.35. The third-order valence-corrected chi connectivity index (χ3v) is 5.31. The van der Waals surface area contributed by atoms with Gasteiger partial charge in [-0.1, -0.05) is 25.0 Å². The summed E-state index contributed by atoms with van der Waals surface area (Å²) in [5.41, 5.74) is 9.17. The number of rotatable bonds is 0. The normalized spacial score (nSPS) is 17.6. The molecule has 1 aromatic rings. The Morgan fingerprint density at radius 1 is 0.529 bits per heavy atom. The molecule has 1 aliphatic carbocycles. The quantitative estimate of drug-likeness (QED) is 0.639. The largest absolute Gasteiger partial charge is 0.0555 e. The molecule has 0 spiro atoms. The minimum atomic E-state index is 0.220. The molecule has 0 heterocycles. The molecule has 92 valence electrons. The van der Waals surface area contributed by atoms with Crippen molar-refractivity contribution in [2.45, 2.75) is 55.4 Å². The summed E-state index contributed by atoms with van der Waals surface area (Å²) in [4.78, 5) is 0. The Kier molecular flexibility index (Phi) is 2.54. The molecule has 2 rings (SSSR count). The van der Waals surface area contributed by atoms with Gasteiger partial charge in [-0.2, -0.15) is 0 Å². The monoisotopic (exact) mass is 228 g/mol. The van der Waals surface area contributed by atoms with Crippen molar-refractivity contribution < 1.29 is 0 Å². The first-order valence-electron chi connectivity index (χ1n) is 6.50. The summed E-state index contributed by atoms with van der Waals surface area (Å²) >= 11 is 0. The van der Waals surface area contributed by atoms with Gasteiger partial charge in [-0.25, -0.2) is 0 Å². The van der Waals surface area contributed by atoms with E-state index in [1.807, 2.05) is 0 Å². The molecule has 0 atom stereocenters. The first-order valence-corrected chi connectivity index (χ1v) is 6.50. The molecule has 0 N–H and O–H groups in total. The predicted octanol–water partition coefficient (Wildman–Crippen LogP) is 3.30. The lowest BCUT2D eigenvalue weighted by molar-refractivity contribution is 0.664. The van der Waals surface area contributed by atoms with Crippen LogP contribution in [0.1, 0.15) is 49.9 Å². The molecule has 0 aromatic heterocycles. The Hall–Kier alpha value is -1.04. The molecule has 17 heavy (non-hydrogen) atoms. The summed E-state index contributed by atoms with van der Waals surface area (Å²) in [7, 11) is 0. The molecule has 0 radical (unpaired) electrons. The zero-order valence-electron chi connectivity index (χ0n) is 12.5. The summed E-state index contributed by atoms with van der Waals surface area (Å²) in [6, 6.07) is 0. The number of hydrogen-bond acceptors (Lipinski definition) is 0. The van der Waals surface area contributed by atoms with E-state index in [0.29, 0.717) is 0 Å². The predicted molar refractivity (Wildman–Crippen MR) is 76.6 cm³/mol. The first-order chi connectivity index (χ1) is 7.71. The standard InChI is InChI=1S/C17H24/c1-9-10(2)12(4)16-14(6)17(7,8)13(5)15(16)11(9)3/h1-8H3. The molecule has 0 unspecified atom stereocenters. The van der Waals surface area contributed by atoms with Crippen molar-refractivity contribution >= 4 is 11.1 Å². The summed E-state index contributed by atoms with van der Waals surface area (Å²) in [5, 5.41) is 3.04. The zero-order valence-corrected chi connectivity index (χ0v) is 12.5. The lowest BCUT2D eigenvalue weighted by Gasteiger charge is -2.23. The van der Waals surface area contributed by atoms with Crippen molar-refractivity contribution in [3.05, 3.63) is 32.7 Å².